The molecule has 0 radical (unpaired) electrons. The van der Waals surface area contributed by atoms with E-state index in [2.05, 4.69) is 32.8 Å². The molecular formula is C20H27N5O2S. The minimum absolute atomic E-state index is 0.294. The Labute approximate surface area is 169 Å². The number of fused-ring (bicyclic) bond motifs is 1. The molecule has 150 valence electrons. The molecule has 3 heterocycles. The summed E-state index contributed by atoms with van der Waals surface area (Å²) in [6.07, 6.45) is 3.45. The van der Waals surface area contributed by atoms with Crippen molar-refractivity contribution in [2.75, 3.05) is 37.9 Å². The van der Waals surface area contributed by atoms with Gasteiger partial charge in [-0.3, -0.25) is 0 Å². The maximum Gasteiger partial charge on any atom is 0.231 e. The lowest BCUT2D eigenvalue weighted by atomic mass is 10.2. The Morgan fingerprint density at radius 1 is 1.21 bits per heavy atom. The van der Waals surface area contributed by atoms with Crippen LogP contribution in [0, 0.1) is 0 Å². The molecule has 1 aromatic heterocycles. The van der Waals surface area contributed by atoms with Crippen LogP contribution in [0.1, 0.15) is 31.0 Å². The van der Waals surface area contributed by atoms with E-state index in [9.17, 15) is 0 Å². The summed E-state index contributed by atoms with van der Waals surface area (Å²) in [5.74, 6) is 2.41. The van der Waals surface area contributed by atoms with E-state index in [-0.39, 0.29) is 0 Å². The Balaban J connectivity index is 1.29. The third-order valence-corrected chi connectivity index (χ3v) is 5.74. The second-order valence-corrected chi connectivity index (χ2v) is 7.71. The number of benzene rings is 1. The summed E-state index contributed by atoms with van der Waals surface area (Å²) >= 11 is 1.75. The third kappa shape index (κ3) is 4.67. The fraction of sp³-hybridized carbons (Fsp3) is 0.500. The molecule has 2 aromatic rings. The minimum atomic E-state index is 0.294. The molecule has 2 aliphatic heterocycles. The van der Waals surface area contributed by atoms with Gasteiger partial charge in [-0.25, -0.2) is 9.98 Å². The zero-order valence-corrected chi connectivity index (χ0v) is 17.1. The summed E-state index contributed by atoms with van der Waals surface area (Å²) in [6, 6.07) is 5.95. The van der Waals surface area contributed by atoms with E-state index < -0.39 is 0 Å². The van der Waals surface area contributed by atoms with Crippen molar-refractivity contribution in [2.24, 2.45) is 4.99 Å². The van der Waals surface area contributed by atoms with Crippen molar-refractivity contribution in [3.8, 4) is 11.5 Å². The molecule has 1 aromatic carbocycles. The summed E-state index contributed by atoms with van der Waals surface area (Å²) < 4.78 is 10.8. The van der Waals surface area contributed by atoms with Gasteiger partial charge < -0.3 is 25.0 Å². The predicted octanol–water partition coefficient (Wildman–Crippen LogP) is 2.77. The van der Waals surface area contributed by atoms with Gasteiger partial charge in [0.05, 0.1) is 12.2 Å². The van der Waals surface area contributed by atoms with E-state index in [0.717, 1.165) is 66.4 Å². The number of anilines is 1. The summed E-state index contributed by atoms with van der Waals surface area (Å²) in [6.45, 7) is 6.86. The topological polar surface area (TPSA) is 71.0 Å². The maximum absolute atomic E-state index is 5.43. The van der Waals surface area contributed by atoms with Crippen molar-refractivity contribution in [3.05, 3.63) is 34.8 Å². The van der Waals surface area contributed by atoms with Crippen molar-refractivity contribution in [1.82, 2.24) is 15.6 Å². The van der Waals surface area contributed by atoms with Gasteiger partial charge in [0.2, 0.25) is 6.79 Å². The standard InChI is InChI=1S/C20H27N5O2S/c1-2-21-19(23-12-15-5-6-17-18(11-15)27-14-26-17)22-8-7-16-13-28-20(24-16)25-9-3-4-10-25/h5-6,11,13H,2-4,7-10,12,14H2,1H3,(H2,21,22,23). The molecule has 0 spiro atoms. The van der Waals surface area contributed by atoms with Crippen LogP contribution in [0.5, 0.6) is 11.5 Å². The Kier molecular flexibility index (Phi) is 6.16. The molecule has 7 nitrogen and oxygen atoms in total. The average molecular weight is 402 g/mol. The summed E-state index contributed by atoms with van der Waals surface area (Å²) in [4.78, 5) is 11.8. The van der Waals surface area contributed by atoms with Crippen LogP contribution in [-0.4, -0.2) is 43.9 Å². The Morgan fingerprint density at radius 3 is 2.93 bits per heavy atom. The number of ether oxygens (including phenoxy) is 2. The zero-order valence-electron chi connectivity index (χ0n) is 16.2. The molecule has 1 saturated heterocycles. The number of nitrogens with zero attached hydrogens (tertiary/aromatic N) is 3. The van der Waals surface area contributed by atoms with Crippen molar-refractivity contribution < 1.29 is 9.47 Å². The van der Waals surface area contributed by atoms with Gasteiger partial charge >= 0.3 is 0 Å². The molecule has 4 rings (SSSR count). The van der Waals surface area contributed by atoms with Crippen molar-refractivity contribution in [1.29, 1.82) is 0 Å². The normalized spacial score (nSPS) is 15.9. The van der Waals surface area contributed by atoms with Crippen LogP contribution in [0.4, 0.5) is 5.13 Å². The first kappa shape index (κ1) is 18.9. The lowest BCUT2D eigenvalue weighted by molar-refractivity contribution is 0.174. The first-order chi connectivity index (χ1) is 13.8. The molecular weight excluding hydrogens is 374 g/mol. The minimum Gasteiger partial charge on any atom is -0.454 e. The highest BCUT2D eigenvalue weighted by Crippen LogP contribution is 2.32. The number of hydrogen-bond donors (Lipinski definition) is 2. The number of hydrogen-bond acceptors (Lipinski definition) is 6. The van der Waals surface area contributed by atoms with E-state index >= 15 is 0 Å². The number of guanidine groups is 1. The molecule has 0 unspecified atom stereocenters. The van der Waals surface area contributed by atoms with Crippen molar-refractivity contribution in [2.45, 2.75) is 32.7 Å². The largest absolute Gasteiger partial charge is 0.454 e. The van der Waals surface area contributed by atoms with Crippen LogP contribution in [0.2, 0.25) is 0 Å². The van der Waals surface area contributed by atoms with Gasteiger partial charge in [0.25, 0.3) is 0 Å². The molecule has 28 heavy (non-hydrogen) atoms. The number of aliphatic imine (C=N–C) groups is 1. The molecule has 8 heteroatoms. The van der Waals surface area contributed by atoms with Gasteiger partial charge in [-0.15, -0.1) is 11.3 Å². The van der Waals surface area contributed by atoms with Crippen LogP contribution in [-0.2, 0) is 13.0 Å². The summed E-state index contributed by atoms with van der Waals surface area (Å²) in [5, 5.41) is 10.0. The van der Waals surface area contributed by atoms with Gasteiger partial charge in [0.1, 0.15) is 0 Å². The lowest BCUT2D eigenvalue weighted by Gasteiger charge is -2.12. The highest BCUT2D eigenvalue weighted by molar-refractivity contribution is 7.13. The maximum atomic E-state index is 5.43. The quantitative estimate of drug-likeness (QED) is 0.549. The fourth-order valence-electron chi connectivity index (χ4n) is 3.33. The molecule has 0 atom stereocenters. The molecule has 2 N–H and O–H groups in total. The van der Waals surface area contributed by atoms with Crippen LogP contribution >= 0.6 is 11.3 Å². The smallest absolute Gasteiger partial charge is 0.231 e. The van der Waals surface area contributed by atoms with Crippen LogP contribution < -0.4 is 25.0 Å². The number of thiazole rings is 1. The first-order valence-corrected chi connectivity index (χ1v) is 10.8. The Morgan fingerprint density at radius 2 is 2.07 bits per heavy atom. The SMILES string of the molecule is CCNC(=NCc1ccc2c(c1)OCO2)NCCc1csc(N2CCCC2)n1. The van der Waals surface area contributed by atoms with Gasteiger partial charge in [-0.2, -0.15) is 0 Å². The second-order valence-electron chi connectivity index (χ2n) is 6.88. The van der Waals surface area contributed by atoms with E-state index in [1.165, 1.54) is 12.8 Å². The second kappa shape index (κ2) is 9.14. The van der Waals surface area contributed by atoms with E-state index in [1.807, 2.05) is 18.2 Å². The molecule has 0 saturated carbocycles. The Bertz CT molecular complexity index is 817. The lowest BCUT2D eigenvalue weighted by Crippen LogP contribution is -2.38. The molecule has 0 aliphatic carbocycles. The van der Waals surface area contributed by atoms with Gasteiger partial charge in [-0.05, 0) is 37.5 Å². The highest BCUT2D eigenvalue weighted by Gasteiger charge is 2.15. The number of nitrogens with one attached hydrogen (secondary N) is 2. The van der Waals surface area contributed by atoms with E-state index in [1.54, 1.807) is 11.3 Å². The zero-order chi connectivity index (χ0) is 19.2. The average Bonchev–Trinajstić information content (AvgIpc) is 3.46. The van der Waals surface area contributed by atoms with Crippen LogP contribution in [0.15, 0.2) is 28.6 Å². The van der Waals surface area contributed by atoms with Gasteiger partial charge in [0, 0.05) is 38.0 Å². The molecule has 1 fully saturated rings. The third-order valence-electron chi connectivity index (χ3n) is 4.79. The predicted molar refractivity (Wildman–Crippen MR) is 113 cm³/mol. The summed E-state index contributed by atoms with van der Waals surface area (Å²) in [5.41, 5.74) is 2.24. The molecule has 0 bridgehead atoms. The summed E-state index contributed by atoms with van der Waals surface area (Å²) in [7, 11) is 0. The highest BCUT2D eigenvalue weighted by atomic mass is 32.1. The van der Waals surface area contributed by atoms with Gasteiger partial charge in [-0.1, -0.05) is 6.07 Å². The monoisotopic (exact) mass is 401 g/mol. The van der Waals surface area contributed by atoms with Crippen molar-refractivity contribution >= 4 is 22.4 Å². The van der Waals surface area contributed by atoms with Gasteiger partial charge in [0.15, 0.2) is 22.6 Å². The fourth-order valence-corrected chi connectivity index (χ4v) is 4.24. The molecule has 2 aliphatic rings. The van der Waals surface area contributed by atoms with Crippen LogP contribution in [0.3, 0.4) is 0 Å². The van der Waals surface area contributed by atoms with Crippen molar-refractivity contribution in [3.63, 3.8) is 0 Å². The number of rotatable bonds is 7. The number of aromatic nitrogens is 1. The van der Waals surface area contributed by atoms with E-state index in [4.69, 9.17) is 14.5 Å². The first-order valence-electron chi connectivity index (χ1n) is 9.92. The Hall–Kier alpha value is -2.48. The molecule has 0 amide bonds. The van der Waals surface area contributed by atoms with Crippen LogP contribution in [0.25, 0.3) is 0 Å². The van der Waals surface area contributed by atoms with E-state index in [0.29, 0.717) is 13.3 Å².